The predicted molar refractivity (Wildman–Crippen MR) is 21.5 cm³/mol. The SMILES string of the molecule is C/C=C/CO[O]. The first kappa shape index (κ1) is 5.66. The Kier molecular flexibility index (Phi) is 4.40. The number of hydrogen-bond acceptors (Lipinski definition) is 1. The number of rotatable bonds is 2. The van der Waals surface area contributed by atoms with Gasteiger partial charge in [-0.2, -0.15) is 4.89 Å². The Hall–Kier alpha value is -0.340. The Labute approximate surface area is 37.0 Å². The molecule has 0 aromatic heterocycles. The summed E-state index contributed by atoms with van der Waals surface area (Å²) in [4.78, 5) is 3.45. The van der Waals surface area contributed by atoms with Crippen LogP contribution >= 0.6 is 0 Å². The van der Waals surface area contributed by atoms with Gasteiger partial charge in [0.1, 0.15) is 6.61 Å². The van der Waals surface area contributed by atoms with Crippen molar-refractivity contribution in [2.45, 2.75) is 6.92 Å². The van der Waals surface area contributed by atoms with Gasteiger partial charge in [-0.1, -0.05) is 12.2 Å². The van der Waals surface area contributed by atoms with Crippen LogP contribution in [0.2, 0.25) is 0 Å². The minimum atomic E-state index is 0.177. The van der Waals surface area contributed by atoms with Gasteiger partial charge >= 0.3 is 0 Å². The summed E-state index contributed by atoms with van der Waals surface area (Å²) >= 11 is 0. The lowest BCUT2D eigenvalue weighted by atomic mass is 10.6. The second kappa shape index (κ2) is 4.66. The molecule has 0 aromatic rings. The van der Waals surface area contributed by atoms with Crippen LogP contribution in [0.4, 0.5) is 0 Å². The Morgan fingerprint density at radius 2 is 2.50 bits per heavy atom. The van der Waals surface area contributed by atoms with Crippen LogP contribution in [0.15, 0.2) is 12.2 Å². The quantitative estimate of drug-likeness (QED) is 0.280. The van der Waals surface area contributed by atoms with Gasteiger partial charge in [0.2, 0.25) is 0 Å². The molecule has 0 aromatic carbocycles. The first-order valence-electron chi connectivity index (χ1n) is 1.77. The van der Waals surface area contributed by atoms with E-state index in [0.29, 0.717) is 0 Å². The normalized spacial score (nSPS) is 10.3. The summed E-state index contributed by atoms with van der Waals surface area (Å²) in [5.41, 5.74) is 0. The van der Waals surface area contributed by atoms with Gasteiger partial charge in [0, 0.05) is 0 Å². The van der Waals surface area contributed by atoms with E-state index >= 15 is 0 Å². The Bertz CT molecular complexity index is 40.8. The largest absolute Gasteiger partial charge is 0.200 e. The van der Waals surface area contributed by atoms with Crippen LogP contribution < -0.4 is 0 Å². The van der Waals surface area contributed by atoms with E-state index in [1.54, 1.807) is 12.2 Å². The molecule has 0 aliphatic heterocycles. The van der Waals surface area contributed by atoms with Crippen molar-refractivity contribution in [2.24, 2.45) is 0 Å². The maximum atomic E-state index is 9.14. The predicted octanol–water partition coefficient (Wildman–Crippen LogP) is 0.925. The van der Waals surface area contributed by atoms with E-state index in [9.17, 15) is 0 Å². The molecule has 0 fully saturated rings. The van der Waals surface area contributed by atoms with E-state index in [0.717, 1.165) is 0 Å². The van der Waals surface area contributed by atoms with Crippen molar-refractivity contribution in [2.75, 3.05) is 6.61 Å². The third-order valence-corrected chi connectivity index (χ3v) is 0.400. The molecular weight excluding hydrogens is 80.0 g/mol. The molecule has 0 N–H and O–H groups in total. The Balaban J connectivity index is 2.66. The lowest BCUT2D eigenvalue weighted by Gasteiger charge is -1.75. The fourth-order valence-corrected chi connectivity index (χ4v) is 0.136. The molecule has 1 radical (unpaired) electrons. The second-order valence-electron chi connectivity index (χ2n) is 0.854. The highest BCUT2D eigenvalue weighted by molar-refractivity contribution is 4.74. The minimum absolute atomic E-state index is 0.177. The maximum Gasteiger partial charge on any atom is 0.104 e. The fourth-order valence-electron chi connectivity index (χ4n) is 0.136. The van der Waals surface area contributed by atoms with Crippen molar-refractivity contribution in [3.63, 3.8) is 0 Å². The van der Waals surface area contributed by atoms with Gasteiger partial charge in [0.25, 0.3) is 0 Å². The van der Waals surface area contributed by atoms with E-state index in [-0.39, 0.29) is 6.61 Å². The standard InChI is InChI=1S/C4H7O2/c1-2-3-4-6-5/h2-3H,4H2,1H3/b3-2+. The molecule has 0 saturated heterocycles. The van der Waals surface area contributed by atoms with Crippen LogP contribution in [0.25, 0.3) is 0 Å². The smallest absolute Gasteiger partial charge is 0.104 e. The summed E-state index contributed by atoms with van der Waals surface area (Å²) in [6.07, 6.45) is 3.41. The molecule has 6 heavy (non-hydrogen) atoms. The summed E-state index contributed by atoms with van der Waals surface area (Å²) in [6.45, 7) is 2.01. The van der Waals surface area contributed by atoms with Gasteiger partial charge in [-0.15, -0.1) is 0 Å². The van der Waals surface area contributed by atoms with Crippen LogP contribution in [-0.4, -0.2) is 6.61 Å². The van der Waals surface area contributed by atoms with Crippen molar-refractivity contribution in [1.82, 2.24) is 0 Å². The zero-order valence-corrected chi connectivity index (χ0v) is 3.68. The summed E-state index contributed by atoms with van der Waals surface area (Å²) in [5, 5.41) is 9.14. The fraction of sp³-hybridized carbons (Fsp3) is 0.500. The topological polar surface area (TPSA) is 29.1 Å². The van der Waals surface area contributed by atoms with E-state index in [1.807, 2.05) is 6.92 Å². The van der Waals surface area contributed by atoms with E-state index < -0.39 is 0 Å². The van der Waals surface area contributed by atoms with Gasteiger partial charge in [0.15, 0.2) is 0 Å². The molecule has 0 amide bonds. The van der Waals surface area contributed by atoms with Gasteiger partial charge in [-0.25, -0.2) is 0 Å². The zero-order chi connectivity index (χ0) is 4.83. The van der Waals surface area contributed by atoms with Gasteiger partial charge in [0.05, 0.1) is 0 Å². The molecule has 0 aliphatic carbocycles. The summed E-state index contributed by atoms with van der Waals surface area (Å²) < 4.78 is 0. The minimum Gasteiger partial charge on any atom is -0.200 e. The molecule has 0 saturated carbocycles. The van der Waals surface area contributed by atoms with Gasteiger partial charge in [-0.3, -0.25) is 0 Å². The van der Waals surface area contributed by atoms with Crippen LogP contribution in [0.3, 0.4) is 0 Å². The summed E-state index contributed by atoms with van der Waals surface area (Å²) in [7, 11) is 0. The molecule has 0 atom stereocenters. The Morgan fingerprint density at radius 1 is 1.83 bits per heavy atom. The second-order valence-corrected chi connectivity index (χ2v) is 0.854. The average molecular weight is 87.1 g/mol. The lowest BCUT2D eigenvalue weighted by Crippen LogP contribution is -1.76. The molecular formula is C4H7O2. The first-order valence-corrected chi connectivity index (χ1v) is 1.77. The molecule has 2 heteroatoms. The summed E-state index contributed by atoms with van der Waals surface area (Å²) in [5.74, 6) is 0. The molecule has 0 unspecified atom stereocenters. The van der Waals surface area contributed by atoms with Crippen LogP contribution in [0, 0.1) is 0 Å². The average Bonchev–Trinajstić information content (AvgIpc) is 1.61. The van der Waals surface area contributed by atoms with Crippen LogP contribution in [0.1, 0.15) is 6.92 Å². The molecule has 2 nitrogen and oxygen atoms in total. The molecule has 0 bridgehead atoms. The highest BCUT2D eigenvalue weighted by Gasteiger charge is 1.66. The van der Waals surface area contributed by atoms with Crippen molar-refractivity contribution in [3.05, 3.63) is 12.2 Å². The van der Waals surface area contributed by atoms with Crippen molar-refractivity contribution >= 4 is 0 Å². The highest BCUT2D eigenvalue weighted by Crippen LogP contribution is 1.68. The van der Waals surface area contributed by atoms with E-state index in [4.69, 9.17) is 5.26 Å². The zero-order valence-electron chi connectivity index (χ0n) is 3.68. The van der Waals surface area contributed by atoms with Crippen molar-refractivity contribution < 1.29 is 10.1 Å². The highest BCUT2D eigenvalue weighted by atomic mass is 17.1. The Morgan fingerprint density at radius 3 is 2.67 bits per heavy atom. The van der Waals surface area contributed by atoms with Crippen LogP contribution in [0.5, 0.6) is 0 Å². The molecule has 0 spiro atoms. The number of allylic oxidation sites excluding steroid dienone is 1. The van der Waals surface area contributed by atoms with E-state index in [1.165, 1.54) is 0 Å². The monoisotopic (exact) mass is 87.0 g/mol. The van der Waals surface area contributed by atoms with Gasteiger partial charge in [-0.05, 0) is 12.2 Å². The third kappa shape index (κ3) is 3.66. The summed E-state index contributed by atoms with van der Waals surface area (Å²) in [6, 6.07) is 0. The van der Waals surface area contributed by atoms with Gasteiger partial charge < -0.3 is 0 Å². The van der Waals surface area contributed by atoms with E-state index in [2.05, 4.69) is 4.89 Å². The molecule has 35 valence electrons. The molecule has 0 heterocycles. The lowest BCUT2D eigenvalue weighted by molar-refractivity contribution is -0.294. The maximum absolute atomic E-state index is 9.14. The van der Waals surface area contributed by atoms with Crippen molar-refractivity contribution in [3.8, 4) is 0 Å². The van der Waals surface area contributed by atoms with Crippen LogP contribution in [-0.2, 0) is 10.1 Å². The first-order chi connectivity index (χ1) is 2.91. The molecule has 0 rings (SSSR count). The molecule has 0 aliphatic rings. The third-order valence-electron chi connectivity index (χ3n) is 0.400. The number of hydrogen-bond donors (Lipinski definition) is 0. The van der Waals surface area contributed by atoms with Crippen molar-refractivity contribution in [1.29, 1.82) is 0 Å².